The van der Waals surface area contributed by atoms with Crippen molar-refractivity contribution in [2.45, 2.75) is 44.8 Å². The van der Waals surface area contributed by atoms with Crippen molar-refractivity contribution in [1.82, 2.24) is 4.57 Å². The second kappa shape index (κ2) is 6.97. The lowest BCUT2D eigenvalue weighted by molar-refractivity contribution is 0.0244. The Bertz CT molecular complexity index is 641. The summed E-state index contributed by atoms with van der Waals surface area (Å²) in [4.78, 5) is 11.9. The molecule has 1 heterocycles. The molecule has 1 aromatic carbocycles. The van der Waals surface area contributed by atoms with Gasteiger partial charge in [-0.2, -0.15) is 0 Å². The number of fused-ring (bicyclic) bond motifs is 1. The number of hydrogen-bond donors (Lipinski definition) is 0. The highest BCUT2D eigenvalue weighted by Crippen LogP contribution is 2.22. The van der Waals surface area contributed by atoms with Crippen molar-refractivity contribution in [2.24, 2.45) is 0 Å². The molecule has 0 unspecified atom stereocenters. The summed E-state index contributed by atoms with van der Waals surface area (Å²) in [5, 5.41) is 1.06. The normalized spacial score (nSPS) is 16.0. The molecular weight excluding hydrogens is 278 g/mol. The summed E-state index contributed by atoms with van der Waals surface area (Å²) in [6, 6.07) is 7.74. The summed E-state index contributed by atoms with van der Waals surface area (Å²) in [6.45, 7) is 1.44. The number of rotatable bonds is 5. The molecule has 0 atom stereocenters. The molecule has 0 aliphatic heterocycles. The maximum absolute atomic E-state index is 11.9. The van der Waals surface area contributed by atoms with Gasteiger partial charge in [-0.1, -0.05) is 31.4 Å². The van der Waals surface area contributed by atoms with E-state index in [9.17, 15) is 4.79 Å². The van der Waals surface area contributed by atoms with E-state index in [4.69, 9.17) is 9.47 Å². The number of ether oxygens (including phenoxy) is 2. The minimum absolute atomic E-state index is 0.293. The molecule has 1 aliphatic carbocycles. The lowest BCUT2D eigenvalue weighted by atomic mass is 9.98. The van der Waals surface area contributed by atoms with Crippen LogP contribution in [0.4, 0.5) is 0 Å². The third-order valence-corrected chi connectivity index (χ3v) is 4.43. The van der Waals surface area contributed by atoms with Gasteiger partial charge in [-0.25, -0.2) is 4.79 Å². The molecule has 4 heteroatoms. The Morgan fingerprint density at radius 3 is 2.82 bits per heavy atom. The molecular formula is C18H23NO3. The molecule has 2 aromatic rings. The van der Waals surface area contributed by atoms with Gasteiger partial charge in [0.25, 0.3) is 0 Å². The molecule has 0 spiro atoms. The molecule has 0 saturated heterocycles. The van der Waals surface area contributed by atoms with E-state index in [1.807, 2.05) is 30.5 Å². The van der Waals surface area contributed by atoms with Gasteiger partial charge in [0.1, 0.15) is 0 Å². The van der Waals surface area contributed by atoms with Crippen molar-refractivity contribution in [1.29, 1.82) is 0 Å². The zero-order valence-electron chi connectivity index (χ0n) is 13.1. The van der Waals surface area contributed by atoms with E-state index in [-0.39, 0.29) is 5.97 Å². The minimum Gasteiger partial charge on any atom is -0.465 e. The van der Waals surface area contributed by atoms with Crippen LogP contribution in [0.15, 0.2) is 30.5 Å². The average molecular weight is 301 g/mol. The average Bonchev–Trinajstić information content (AvgIpc) is 2.98. The van der Waals surface area contributed by atoms with Gasteiger partial charge in [-0.15, -0.1) is 0 Å². The number of carbonyl (C=O) groups is 1. The fourth-order valence-corrected chi connectivity index (χ4v) is 3.27. The number of para-hydroxylation sites is 1. The number of methoxy groups -OCH3 is 1. The van der Waals surface area contributed by atoms with E-state index >= 15 is 0 Å². The summed E-state index contributed by atoms with van der Waals surface area (Å²) >= 11 is 0. The van der Waals surface area contributed by atoms with Crippen molar-refractivity contribution in [3.05, 3.63) is 36.0 Å². The fraction of sp³-hybridized carbons (Fsp3) is 0.500. The van der Waals surface area contributed by atoms with Crippen molar-refractivity contribution in [3.8, 4) is 0 Å². The summed E-state index contributed by atoms with van der Waals surface area (Å²) < 4.78 is 13.0. The van der Waals surface area contributed by atoms with Crippen LogP contribution in [0.3, 0.4) is 0 Å². The zero-order valence-corrected chi connectivity index (χ0v) is 13.1. The highest BCUT2D eigenvalue weighted by atomic mass is 16.5. The monoisotopic (exact) mass is 301 g/mol. The Balaban J connectivity index is 1.72. The van der Waals surface area contributed by atoms with Crippen molar-refractivity contribution in [3.63, 3.8) is 0 Å². The van der Waals surface area contributed by atoms with Gasteiger partial charge in [-0.05, 0) is 25.0 Å². The Morgan fingerprint density at radius 1 is 1.23 bits per heavy atom. The minimum atomic E-state index is -0.293. The van der Waals surface area contributed by atoms with Gasteiger partial charge in [0.2, 0.25) is 0 Å². The molecule has 22 heavy (non-hydrogen) atoms. The van der Waals surface area contributed by atoms with Gasteiger partial charge < -0.3 is 14.0 Å². The predicted molar refractivity (Wildman–Crippen MR) is 86.1 cm³/mol. The Morgan fingerprint density at radius 2 is 2.05 bits per heavy atom. The number of hydrogen-bond acceptors (Lipinski definition) is 3. The zero-order chi connectivity index (χ0) is 15.4. The van der Waals surface area contributed by atoms with Crippen LogP contribution >= 0.6 is 0 Å². The van der Waals surface area contributed by atoms with Gasteiger partial charge in [0.15, 0.2) is 0 Å². The number of esters is 1. The standard InChI is InChI=1S/C18H23NO3/c1-21-18(20)16-9-5-6-14-10-11-19(17(14)16)12-13-22-15-7-3-2-4-8-15/h5-6,9-11,15H,2-4,7-8,12-13H2,1H3. The van der Waals surface area contributed by atoms with Gasteiger partial charge in [-0.3, -0.25) is 0 Å². The molecule has 3 rings (SSSR count). The van der Waals surface area contributed by atoms with Crippen molar-refractivity contribution < 1.29 is 14.3 Å². The first-order chi connectivity index (χ1) is 10.8. The van der Waals surface area contributed by atoms with Gasteiger partial charge in [0, 0.05) is 18.1 Å². The van der Waals surface area contributed by atoms with Crippen LogP contribution < -0.4 is 0 Å². The summed E-state index contributed by atoms with van der Waals surface area (Å²) in [7, 11) is 1.42. The highest BCUT2D eigenvalue weighted by Gasteiger charge is 2.15. The molecule has 1 aliphatic rings. The molecule has 118 valence electrons. The van der Waals surface area contributed by atoms with E-state index in [0.717, 1.165) is 17.4 Å². The van der Waals surface area contributed by atoms with Crippen LogP contribution in [0.1, 0.15) is 42.5 Å². The largest absolute Gasteiger partial charge is 0.465 e. The van der Waals surface area contributed by atoms with Crippen LogP contribution in [0.2, 0.25) is 0 Å². The number of benzene rings is 1. The second-order valence-electron chi connectivity index (χ2n) is 5.87. The van der Waals surface area contributed by atoms with Crippen LogP contribution in [0.25, 0.3) is 10.9 Å². The first-order valence-electron chi connectivity index (χ1n) is 8.07. The van der Waals surface area contributed by atoms with Crippen LogP contribution in [-0.4, -0.2) is 30.4 Å². The maximum atomic E-state index is 11.9. The van der Waals surface area contributed by atoms with Crippen LogP contribution in [0.5, 0.6) is 0 Å². The highest BCUT2D eigenvalue weighted by molar-refractivity contribution is 6.03. The summed E-state index contributed by atoms with van der Waals surface area (Å²) in [5.74, 6) is -0.293. The third kappa shape index (κ3) is 3.17. The van der Waals surface area contributed by atoms with Crippen molar-refractivity contribution in [2.75, 3.05) is 13.7 Å². The number of nitrogens with zero attached hydrogens (tertiary/aromatic N) is 1. The first-order valence-corrected chi connectivity index (χ1v) is 8.07. The molecule has 1 aromatic heterocycles. The van der Waals surface area contributed by atoms with E-state index in [0.29, 0.717) is 18.3 Å². The maximum Gasteiger partial charge on any atom is 0.340 e. The fourth-order valence-electron chi connectivity index (χ4n) is 3.27. The van der Waals surface area contributed by atoms with Crippen LogP contribution in [-0.2, 0) is 16.0 Å². The predicted octanol–water partition coefficient (Wildman–Crippen LogP) is 3.78. The number of aromatic nitrogens is 1. The SMILES string of the molecule is COC(=O)c1cccc2ccn(CCOC3CCCCC3)c12. The molecule has 4 nitrogen and oxygen atoms in total. The molecule has 0 bridgehead atoms. The van der Waals surface area contributed by atoms with Crippen LogP contribution in [0, 0.1) is 0 Å². The molecule has 0 amide bonds. The summed E-state index contributed by atoms with van der Waals surface area (Å²) in [6.07, 6.45) is 8.69. The Labute approximate surface area is 131 Å². The third-order valence-electron chi connectivity index (χ3n) is 4.43. The summed E-state index contributed by atoms with van der Waals surface area (Å²) in [5.41, 5.74) is 1.55. The lowest BCUT2D eigenvalue weighted by Gasteiger charge is -2.22. The quantitative estimate of drug-likeness (QED) is 0.789. The van der Waals surface area contributed by atoms with E-state index in [2.05, 4.69) is 4.57 Å². The van der Waals surface area contributed by atoms with Gasteiger partial charge >= 0.3 is 5.97 Å². The lowest BCUT2D eigenvalue weighted by Crippen LogP contribution is -2.19. The second-order valence-corrected chi connectivity index (χ2v) is 5.87. The molecule has 1 saturated carbocycles. The van der Waals surface area contributed by atoms with E-state index < -0.39 is 0 Å². The smallest absolute Gasteiger partial charge is 0.340 e. The van der Waals surface area contributed by atoms with E-state index in [1.54, 1.807) is 0 Å². The Hall–Kier alpha value is -1.81. The van der Waals surface area contributed by atoms with Gasteiger partial charge in [0.05, 0.1) is 30.9 Å². The molecule has 0 N–H and O–H groups in total. The van der Waals surface area contributed by atoms with Crippen molar-refractivity contribution >= 4 is 16.9 Å². The topological polar surface area (TPSA) is 40.5 Å². The van der Waals surface area contributed by atoms with E-state index in [1.165, 1.54) is 39.2 Å². The Kier molecular flexibility index (Phi) is 4.78. The first kappa shape index (κ1) is 15.1. The number of carbonyl (C=O) groups excluding carboxylic acids is 1. The molecule has 0 radical (unpaired) electrons. The molecule has 1 fully saturated rings.